The molecule has 4 heteroatoms. The van der Waals surface area contributed by atoms with Crippen LogP contribution in [0.25, 0.3) is 0 Å². The van der Waals surface area contributed by atoms with Crippen molar-refractivity contribution in [3.8, 4) is 0 Å². The van der Waals surface area contributed by atoms with Gasteiger partial charge in [0, 0.05) is 30.4 Å². The van der Waals surface area contributed by atoms with Crippen LogP contribution in [0.1, 0.15) is 21.5 Å². The molecule has 0 saturated carbocycles. The van der Waals surface area contributed by atoms with E-state index in [1.807, 2.05) is 11.8 Å². The molecule has 2 rings (SSSR count). The second-order valence-electron chi connectivity index (χ2n) is 4.54. The number of aryl methyl sites for hydroxylation is 1. The fourth-order valence-electron chi connectivity index (χ4n) is 1.71. The summed E-state index contributed by atoms with van der Waals surface area (Å²) in [6.45, 7) is 2.76. The van der Waals surface area contributed by atoms with Crippen LogP contribution in [0, 0.1) is 6.92 Å². The molecule has 0 aliphatic rings. The van der Waals surface area contributed by atoms with E-state index in [1.165, 1.54) is 11.1 Å². The number of benzene rings is 1. The quantitative estimate of drug-likeness (QED) is 0.830. The highest BCUT2D eigenvalue weighted by atomic mass is 32.2. The van der Waals surface area contributed by atoms with Crippen molar-refractivity contribution in [3.05, 3.63) is 65.5 Å². The molecule has 104 valence electrons. The Labute approximate surface area is 123 Å². The van der Waals surface area contributed by atoms with Crippen LogP contribution in [0.2, 0.25) is 0 Å². The SMILES string of the molecule is Cc1ccc(CSCCNC(=O)c2cccnc2)cc1. The smallest absolute Gasteiger partial charge is 0.252 e. The molecule has 0 spiro atoms. The molecule has 3 nitrogen and oxygen atoms in total. The molecule has 1 heterocycles. The van der Waals surface area contributed by atoms with Crippen molar-refractivity contribution in [3.63, 3.8) is 0 Å². The van der Waals surface area contributed by atoms with Crippen LogP contribution >= 0.6 is 11.8 Å². The van der Waals surface area contributed by atoms with E-state index in [-0.39, 0.29) is 5.91 Å². The maximum absolute atomic E-state index is 11.8. The van der Waals surface area contributed by atoms with Gasteiger partial charge in [-0.3, -0.25) is 9.78 Å². The van der Waals surface area contributed by atoms with Gasteiger partial charge >= 0.3 is 0 Å². The first-order chi connectivity index (χ1) is 9.75. The van der Waals surface area contributed by atoms with Gasteiger partial charge in [0.2, 0.25) is 0 Å². The van der Waals surface area contributed by atoms with Crippen LogP contribution in [-0.2, 0) is 5.75 Å². The van der Waals surface area contributed by atoms with Gasteiger partial charge < -0.3 is 5.32 Å². The summed E-state index contributed by atoms with van der Waals surface area (Å²) in [4.78, 5) is 15.7. The lowest BCUT2D eigenvalue weighted by molar-refractivity contribution is 0.0956. The molecule has 0 radical (unpaired) electrons. The van der Waals surface area contributed by atoms with Crippen LogP contribution in [0.4, 0.5) is 0 Å². The van der Waals surface area contributed by atoms with E-state index in [0.29, 0.717) is 12.1 Å². The fraction of sp³-hybridized carbons (Fsp3) is 0.250. The summed E-state index contributed by atoms with van der Waals surface area (Å²) < 4.78 is 0. The van der Waals surface area contributed by atoms with Crippen molar-refractivity contribution >= 4 is 17.7 Å². The van der Waals surface area contributed by atoms with Gasteiger partial charge in [0.25, 0.3) is 5.91 Å². The lowest BCUT2D eigenvalue weighted by Crippen LogP contribution is -2.25. The number of thioether (sulfide) groups is 1. The number of nitrogens with zero attached hydrogens (tertiary/aromatic N) is 1. The van der Waals surface area contributed by atoms with Crippen molar-refractivity contribution in [1.29, 1.82) is 0 Å². The number of carbonyl (C=O) groups excluding carboxylic acids is 1. The summed E-state index contributed by atoms with van der Waals surface area (Å²) >= 11 is 1.82. The zero-order chi connectivity index (χ0) is 14.2. The third kappa shape index (κ3) is 4.70. The third-order valence-electron chi connectivity index (χ3n) is 2.85. The number of carbonyl (C=O) groups is 1. The van der Waals surface area contributed by atoms with Crippen molar-refractivity contribution in [2.75, 3.05) is 12.3 Å². The lowest BCUT2D eigenvalue weighted by atomic mass is 10.2. The van der Waals surface area contributed by atoms with Crippen LogP contribution in [-0.4, -0.2) is 23.2 Å². The summed E-state index contributed by atoms with van der Waals surface area (Å²) in [5.41, 5.74) is 3.21. The average Bonchev–Trinajstić information content (AvgIpc) is 2.49. The van der Waals surface area contributed by atoms with Gasteiger partial charge in [0.1, 0.15) is 0 Å². The molecule has 0 aliphatic heterocycles. The monoisotopic (exact) mass is 286 g/mol. The molecule has 0 bridgehead atoms. The van der Waals surface area contributed by atoms with Gasteiger partial charge in [-0.15, -0.1) is 0 Å². The van der Waals surface area contributed by atoms with Crippen LogP contribution < -0.4 is 5.32 Å². The van der Waals surface area contributed by atoms with E-state index < -0.39 is 0 Å². The summed E-state index contributed by atoms with van der Waals surface area (Å²) in [6, 6.07) is 12.1. The van der Waals surface area contributed by atoms with Crippen LogP contribution in [0.15, 0.2) is 48.8 Å². The fourth-order valence-corrected chi connectivity index (χ4v) is 2.53. The highest BCUT2D eigenvalue weighted by Crippen LogP contribution is 2.12. The van der Waals surface area contributed by atoms with E-state index in [1.54, 1.807) is 24.5 Å². The highest BCUT2D eigenvalue weighted by Gasteiger charge is 2.03. The number of nitrogens with one attached hydrogen (secondary N) is 1. The zero-order valence-corrected chi connectivity index (χ0v) is 12.3. The Morgan fingerprint density at radius 1 is 1.25 bits per heavy atom. The molecular weight excluding hydrogens is 268 g/mol. The van der Waals surface area contributed by atoms with E-state index in [0.717, 1.165) is 11.5 Å². The molecular formula is C16H18N2OS. The molecule has 1 aromatic carbocycles. The maximum atomic E-state index is 11.8. The minimum atomic E-state index is -0.0611. The second-order valence-corrected chi connectivity index (χ2v) is 5.64. The number of amides is 1. The molecule has 1 aromatic heterocycles. The summed E-state index contributed by atoms with van der Waals surface area (Å²) in [7, 11) is 0. The van der Waals surface area contributed by atoms with E-state index in [9.17, 15) is 4.79 Å². The number of pyridine rings is 1. The molecule has 20 heavy (non-hydrogen) atoms. The number of aromatic nitrogens is 1. The van der Waals surface area contributed by atoms with Crippen molar-refractivity contribution < 1.29 is 4.79 Å². The standard InChI is InChI=1S/C16H18N2OS/c1-13-4-6-14(7-5-13)12-20-10-9-18-16(19)15-3-2-8-17-11-15/h2-8,11H,9-10,12H2,1H3,(H,18,19). The largest absolute Gasteiger partial charge is 0.351 e. The summed E-state index contributed by atoms with van der Waals surface area (Å²) in [5.74, 6) is 1.82. The first kappa shape index (κ1) is 14.6. The minimum Gasteiger partial charge on any atom is -0.351 e. The molecule has 2 aromatic rings. The Morgan fingerprint density at radius 2 is 2.05 bits per heavy atom. The van der Waals surface area contributed by atoms with Gasteiger partial charge in [0.05, 0.1) is 5.56 Å². The van der Waals surface area contributed by atoms with Gasteiger partial charge in [-0.1, -0.05) is 29.8 Å². The Bertz CT molecular complexity index is 540. The average molecular weight is 286 g/mol. The van der Waals surface area contributed by atoms with Crippen LogP contribution in [0.3, 0.4) is 0 Å². The van der Waals surface area contributed by atoms with Gasteiger partial charge in [-0.25, -0.2) is 0 Å². The maximum Gasteiger partial charge on any atom is 0.252 e. The zero-order valence-electron chi connectivity index (χ0n) is 11.5. The Hall–Kier alpha value is -1.81. The van der Waals surface area contributed by atoms with Crippen molar-refractivity contribution in [2.45, 2.75) is 12.7 Å². The number of rotatable bonds is 6. The van der Waals surface area contributed by atoms with E-state index >= 15 is 0 Å². The summed E-state index contributed by atoms with van der Waals surface area (Å²) in [6.07, 6.45) is 3.24. The van der Waals surface area contributed by atoms with Crippen molar-refractivity contribution in [2.24, 2.45) is 0 Å². The molecule has 1 N–H and O–H groups in total. The first-order valence-electron chi connectivity index (χ1n) is 6.57. The molecule has 0 fully saturated rings. The van der Waals surface area contributed by atoms with Gasteiger partial charge in [-0.2, -0.15) is 11.8 Å². The van der Waals surface area contributed by atoms with Gasteiger partial charge in [-0.05, 0) is 24.6 Å². The Morgan fingerprint density at radius 3 is 2.75 bits per heavy atom. The molecule has 0 saturated heterocycles. The van der Waals surface area contributed by atoms with Gasteiger partial charge in [0.15, 0.2) is 0 Å². The van der Waals surface area contributed by atoms with Crippen molar-refractivity contribution in [1.82, 2.24) is 10.3 Å². The molecule has 0 atom stereocenters. The predicted molar refractivity (Wildman–Crippen MR) is 83.9 cm³/mol. The van der Waals surface area contributed by atoms with Crippen LogP contribution in [0.5, 0.6) is 0 Å². The summed E-state index contributed by atoms with van der Waals surface area (Å²) in [5, 5.41) is 2.89. The minimum absolute atomic E-state index is 0.0611. The normalized spacial score (nSPS) is 10.2. The molecule has 0 unspecified atom stereocenters. The third-order valence-corrected chi connectivity index (χ3v) is 3.88. The lowest BCUT2D eigenvalue weighted by Gasteiger charge is -2.05. The number of hydrogen-bond acceptors (Lipinski definition) is 3. The molecule has 1 amide bonds. The first-order valence-corrected chi connectivity index (χ1v) is 7.73. The Kier molecular flexibility index (Phi) is 5.62. The highest BCUT2D eigenvalue weighted by molar-refractivity contribution is 7.98. The number of hydrogen-bond donors (Lipinski definition) is 1. The topological polar surface area (TPSA) is 42.0 Å². The predicted octanol–water partition coefficient (Wildman–Crippen LogP) is 3.05. The Balaban J connectivity index is 1.64. The molecule has 0 aliphatic carbocycles. The van der Waals surface area contributed by atoms with E-state index in [4.69, 9.17) is 0 Å². The second kappa shape index (κ2) is 7.70. The van der Waals surface area contributed by atoms with E-state index in [2.05, 4.69) is 41.5 Å².